The Kier molecular flexibility index (Phi) is 9.90. The topological polar surface area (TPSA) is 122 Å². The highest BCUT2D eigenvalue weighted by atomic mass is 32.1. The monoisotopic (exact) mass is 347 g/mol. The van der Waals surface area contributed by atoms with E-state index in [9.17, 15) is 14.4 Å². The van der Waals surface area contributed by atoms with Gasteiger partial charge in [-0.05, 0) is 18.3 Å². The summed E-state index contributed by atoms with van der Waals surface area (Å²) in [4.78, 5) is 35.4. The van der Waals surface area contributed by atoms with Gasteiger partial charge >= 0.3 is 5.97 Å². The molecular weight excluding hydrogens is 318 g/mol. The van der Waals surface area contributed by atoms with Crippen LogP contribution < -0.4 is 16.4 Å². The maximum atomic E-state index is 12.2. The number of carboxylic acids is 1. The standard InChI is InChI=1S/C15H29N3O4S/c1-5-9(4)12(16)14(20)18-11(7-23)13(19)17-10(15(21)22)6-8(2)3/h8-12,23H,5-7,16H2,1-4H3,(H,17,19)(H,18,20)(H,21,22). The van der Waals surface area contributed by atoms with Crippen molar-refractivity contribution in [3.8, 4) is 0 Å². The highest BCUT2D eigenvalue weighted by Crippen LogP contribution is 2.07. The SMILES string of the molecule is CCC(C)C(N)C(=O)NC(CS)C(=O)NC(CC(C)C)C(=O)O. The summed E-state index contributed by atoms with van der Waals surface area (Å²) in [5.41, 5.74) is 5.83. The Bertz CT molecular complexity index is 418. The second kappa shape index (κ2) is 10.5. The maximum absolute atomic E-state index is 12.2. The molecule has 0 aromatic heterocycles. The molecule has 0 aliphatic rings. The maximum Gasteiger partial charge on any atom is 0.326 e. The van der Waals surface area contributed by atoms with Gasteiger partial charge in [0.2, 0.25) is 11.8 Å². The van der Waals surface area contributed by atoms with E-state index in [0.717, 1.165) is 6.42 Å². The van der Waals surface area contributed by atoms with E-state index >= 15 is 0 Å². The van der Waals surface area contributed by atoms with Crippen LogP contribution in [-0.2, 0) is 14.4 Å². The van der Waals surface area contributed by atoms with Crippen molar-refractivity contribution in [2.24, 2.45) is 17.6 Å². The molecule has 0 aliphatic heterocycles. The number of nitrogens with one attached hydrogen (secondary N) is 2. The Morgan fingerprint density at radius 1 is 1.09 bits per heavy atom. The van der Waals surface area contributed by atoms with E-state index in [4.69, 9.17) is 10.8 Å². The zero-order valence-corrected chi connectivity index (χ0v) is 15.1. The molecule has 0 saturated carbocycles. The number of amides is 2. The molecule has 2 amide bonds. The number of thiol groups is 1. The minimum absolute atomic E-state index is 0.0219. The van der Waals surface area contributed by atoms with Crippen LogP contribution in [0.2, 0.25) is 0 Å². The van der Waals surface area contributed by atoms with E-state index in [1.54, 1.807) is 0 Å². The molecule has 8 heteroatoms. The van der Waals surface area contributed by atoms with Gasteiger partial charge in [-0.2, -0.15) is 12.6 Å². The molecule has 0 saturated heterocycles. The van der Waals surface area contributed by atoms with Crippen LogP contribution in [0.15, 0.2) is 0 Å². The van der Waals surface area contributed by atoms with Crippen LogP contribution >= 0.6 is 12.6 Å². The normalized spacial score (nSPS) is 16.3. The zero-order valence-electron chi connectivity index (χ0n) is 14.2. The summed E-state index contributed by atoms with van der Waals surface area (Å²) in [7, 11) is 0. The summed E-state index contributed by atoms with van der Waals surface area (Å²) in [5.74, 6) is -1.97. The van der Waals surface area contributed by atoms with Gasteiger partial charge in [0, 0.05) is 5.75 Å². The Balaban J connectivity index is 4.79. The van der Waals surface area contributed by atoms with Crippen LogP contribution in [0.1, 0.15) is 40.5 Å². The fraction of sp³-hybridized carbons (Fsp3) is 0.800. The fourth-order valence-corrected chi connectivity index (χ4v) is 2.20. The lowest BCUT2D eigenvalue weighted by atomic mass is 9.99. The average molecular weight is 347 g/mol. The first-order valence-corrected chi connectivity index (χ1v) is 8.47. The van der Waals surface area contributed by atoms with Crippen molar-refractivity contribution >= 4 is 30.4 Å². The Labute approximate surface area is 143 Å². The quantitative estimate of drug-likeness (QED) is 0.366. The van der Waals surface area contributed by atoms with Crippen LogP contribution in [0.25, 0.3) is 0 Å². The smallest absolute Gasteiger partial charge is 0.326 e. The first-order chi connectivity index (χ1) is 10.6. The Hall–Kier alpha value is -1.28. The fourth-order valence-electron chi connectivity index (χ4n) is 1.94. The molecular formula is C15H29N3O4S. The molecule has 0 spiro atoms. The number of carbonyl (C=O) groups is 3. The number of nitrogens with two attached hydrogens (primary N) is 1. The van der Waals surface area contributed by atoms with E-state index < -0.39 is 35.9 Å². The average Bonchev–Trinajstić information content (AvgIpc) is 2.49. The van der Waals surface area contributed by atoms with Gasteiger partial charge < -0.3 is 21.5 Å². The molecule has 0 aliphatic carbocycles. The van der Waals surface area contributed by atoms with Crippen molar-refractivity contribution in [2.45, 2.75) is 58.7 Å². The predicted molar refractivity (Wildman–Crippen MR) is 92.2 cm³/mol. The minimum Gasteiger partial charge on any atom is -0.480 e. The molecule has 0 heterocycles. The second-order valence-electron chi connectivity index (χ2n) is 6.18. The van der Waals surface area contributed by atoms with E-state index in [0.29, 0.717) is 6.42 Å². The largest absolute Gasteiger partial charge is 0.480 e. The number of hydrogen-bond acceptors (Lipinski definition) is 5. The first kappa shape index (κ1) is 21.7. The van der Waals surface area contributed by atoms with Crippen LogP contribution in [0.5, 0.6) is 0 Å². The molecule has 4 unspecified atom stereocenters. The second-order valence-corrected chi connectivity index (χ2v) is 6.55. The lowest BCUT2D eigenvalue weighted by Gasteiger charge is -2.24. The molecule has 0 aromatic rings. The van der Waals surface area contributed by atoms with Crippen LogP contribution in [-0.4, -0.2) is 46.8 Å². The third-order valence-corrected chi connectivity index (χ3v) is 4.06. The van der Waals surface area contributed by atoms with Crippen molar-refractivity contribution in [2.75, 3.05) is 5.75 Å². The number of hydrogen-bond donors (Lipinski definition) is 5. The molecule has 0 radical (unpaired) electrons. The van der Waals surface area contributed by atoms with Crippen molar-refractivity contribution in [1.29, 1.82) is 0 Å². The van der Waals surface area contributed by atoms with Gasteiger partial charge in [0.25, 0.3) is 0 Å². The molecule has 0 aromatic carbocycles. The van der Waals surface area contributed by atoms with Crippen LogP contribution in [0.3, 0.4) is 0 Å². The number of carboxylic acid groups (broad SMARTS) is 1. The predicted octanol–water partition coefficient (Wildman–Crippen LogP) is 0.390. The molecule has 7 nitrogen and oxygen atoms in total. The van der Waals surface area contributed by atoms with Gasteiger partial charge in [0.05, 0.1) is 6.04 Å². The van der Waals surface area contributed by atoms with Crippen LogP contribution in [0.4, 0.5) is 0 Å². The molecule has 5 N–H and O–H groups in total. The molecule has 23 heavy (non-hydrogen) atoms. The zero-order chi connectivity index (χ0) is 18.2. The minimum atomic E-state index is -1.10. The number of rotatable bonds is 10. The third kappa shape index (κ3) is 7.69. The van der Waals surface area contributed by atoms with Crippen molar-refractivity contribution < 1.29 is 19.5 Å². The van der Waals surface area contributed by atoms with Crippen molar-refractivity contribution in [3.63, 3.8) is 0 Å². The van der Waals surface area contributed by atoms with E-state index in [1.165, 1.54) is 0 Å². The lowest BCUT2D eigenvalue weighted by molar-refractivity contribution is -0.142. The first-order valence-electron chi connectivity index (χ1n) is 7.83. The molecule has 0 fully saturated rings. The molecule has 134 valence electrons. The van der Waals surface area contributed by atoms with Gasteiger partial charge in [-0.3, -0.25) is 9.59 Å². The third-order valence-electron chi connectivity index (χ3n) is 3.70. The van der Waals surface area contributed by atoms with Gasteiger partial charge in [-0.15, -0.1) is 0 Å². The van der Waals surface area contributed by atoms with Gasteiger partial charge in [-0.1, -0.05) is 34.1 Å². The number of aliphatic carboxylic acids is 1. The van der Waals surface area contributed by atoms with E-state index in [-0.39, 0.29) is 17.6 Å². The van der Waals surface area contributed by atoms with E-state index in [2.05, 4.69) is 23.3 Å². The highest BCUT2D eigenvalue weighted by molar-refractivity contribution is 7.80. The van der Waals surface area contributed by atoms with Crippen molar-refractivity contribution in [3.05, 3.63) is 0 Å². The van der Waals surface area contributed by atoms with Crippen molar-refractivity contribution in [1.82, 2.24) is 10.6 Å². The van der Waals surface area contributed by atoms with Gasteiger partial charge in [0.15, 0.2) is 0 Å². The molecule has 0 bridgehead atoms. The summed E-state index contributed by atoms with van der Waals surface area (Å²) in [6.07, 6.45) is 1.04. The van der Waals surface area contributed by atoms with Crippen LogP contribution in [0, 0.1) is 11.8 Å². The molecule has 0 rings (SSSR count). The Morgan fingerprint density at radius 2 is 1.61 bits per heavy atom. The van der Waals surface area contributed by atoms with Gasteiger partial charge in [-0.25, -0.2) is 4.79 Å². The molecule has 4 atom stereocenters. The summed E-state index contributed by atoms with van der Waals surface area (Å²) < 4.78 is 0. The summed E-state index contributed by atoms with van der Waals surface area (Å²) in [6.45, 7) is 7.50. The summed E-state index contributed by atoms with van der Waals surface area (Å²) in [6, 6.07) is -2.64. The summed E-state index contributed by atoms with van der Waals surface area (Å²) >= 11 is 4.05. The summed E-state index contributed by atoms with van der Waals surface area (Å²) in [5, 5.41) is 14.1. The van der Waals surface area contributed by atoms with E-state index in [1.807, 2.05) is 27.7 Å². The highest BCUT2D eigenvalue weighted by Gasteiger charge is 2.28. The van der Waals surface area contributed by atoms with Gasteiger partial charge in [0.1, 0.15) is 12.1 Å². The Morgan fingerprint density at radius 3 is 2.00 bits per heavy atom. The lowest BCUT2D eigenvalue weighted by Crippen LogP contribution is -2.56. The number of carbonyl (C=O) groups excluding carboxylic acids is 2.